The fraction of sp³-hybridized carbons (Fsp3) is 0.211. The molecule has 2 rings (SSSR count). The second-order valence-corrected chi connectivity index (χ2v) is 5.96. The van der Waals surface area contributed by atoms with Crippen LogP contribution in [0.25, 0.3) is 0 Å². The first-order valence-corrected chi connectivity index (χ1v) is 8.24. The SMILES string of the molecule is C=C(C)C(=O)OCCOC(=O)/C(C#N)=C/C=C1\Oc2ccc(Cl)cc2N1C. The number of anilines is 1. The quantitative estimate of drug-likeness (QED) is 0.320. The first kappa shape index (κ1) is 20.1. The molecule has 0 saturated heterocycles. The molecule has 0 saturated carbocycles. The number of carbonyl (C=O) groups is 2. The molecule has 140 valence electrons. The molecule has 0 unspecified atom stereocenters. The molecule has 27 heavy (non-hydrogen) atoms. The number of nitrogens with zero attached hydrogens (tertiary/aromatic N) is 2. The summed E-state index contributed by atoms with van der Waals surface area (Å²) in [6, 6.07) is 6.93. The Bertz CT molecular complexity index is 883. The predicted molar refractivity (Wildman–Crippen MR) is 99.0 cm³/mol. The Balaban J connectivity index is 1.97. The third-order valence-corrected chi connectivity index (χ3v) is 3.69. The minimum atomic E-state index is -0.832. The largest absolute Gasteiger partial charge is 0.459 e. The number of ether oxygens (including phenoxy) is 3. The normalized spacial score (nSPS) is 14.2. The van der Waals surface area contributed by atoms with Crippen molar-refractivity contribution in [2.45, 2.75) is 6.92 Å². The molecule has 1 aliphatic rings. The number of rotatable bonds is 6. The van der Waals surface area contributed by atoms with E-state index in [-0.39, 0.29) is 24.4 Å². The number of halogens is 1. The minimum Gasteiger partial charge on any atom is -0.459 e. The third kappa shape index (κ3) is 5.12. The van der Waals surface area contributed by atoms with E-state index in [1.54, 1.807) is 36.2 Å². The maximum atomic E-state index is 11.9. The molecule has 0 bridgehead atoms. The van der Waals surface area contributed by atoms with Gasteiger partial charge in [0.25, 0.3) is 0 Å². The van der Waals surface area contributed by atoms with Crippen molar-refractivity contribution in [3.8, 4) is 11.8 Å². The summed E-state index contributed by atoms with van der Waals surface area (Å²) in [5.41, 5.74) is 0.788. The van der Waals surface area contributed by atoms with Gasteiger partial charge in [0.15, 0.2) is 11.6 Å². The lowest BCUT2D eigenvalue weighted by Gasteiger charge is -2.10. The number of hydrogen-bond acceptors (Lipinski definition) is 7. The van der Waals surface area contributed by atoms with Crippen molar-refractivity contribution < 1.29 is 23.8 Å². The molecule has 0 aromatic heterocycles. The first-order chi connectivity index (χ1) is 12.8. The Morgan fingerprint density at radius 2 is 2.00 bits per heavy atom. The van der Waals surface area contributed by atoms with Crippen LogP contribution < -0.4 is 9.64 Å². The van der Waals surface area contributed by atoms with Crippen molar-refractivity contribution in [3.05, 3.63) is 59.0 Å². The molecule has 1 aromatic carbocycles. The van der Waals surface area contributed by atoms with Crippen LogP contribution in [0.4, 0.5) is 5.69 Å². The van der Waals surface area contributed by atoms with Gasteiger partial charge in [-0.3, -0.25) is 0 Å². The molecular weight excluding hydrogens is 372 g/mol. The van der Waals surface area contributed by atoms with E-state index in [1.807, 2.05) is 0 Å². The number of allylic oxidation sites excluding steroid dienone is 2. The Morgan fingerprint density at radius 3 is 2.63 bits per heavy atom. The van der Waals surface area contributed by atoms with Crippen molar-refractivity contribution in [2.75, 3.05) is 25.2 Å². The van der Waals surface area contributed by atoms with Gasteiger partial charge in [-0.1, -0.05) is 18.2 Å². The van der Waals surface area contributed by atoms with E-state index in [2.05, 4.69) is 6.58 Å². The summed E-state index contributed by atoms with van der Waals surface area (Å²) < 4.78 is 15.4. The van der Waals surface area contributed by atoms with Crippen molar-refractivity contribution in [3.63, 3.8) is 0 Å². The molecule has 1 aromatic rings. The molecule has 0 aliphatic carbocycles. The molecule has 8 heteroatoms. The van der Waals surface area contributed by atoms with Gasteiger partial charge in [-0.2, -0.15) is 5.26 Å². The summed E-state index contributed by atoms with van der Waals surface area (Å²) in [6.45, 7) is 4.64. The number of carbonyl (C=O) groups excluding carboxylic acids is 2. The summed E-state index contributed by atoms with van der Waals surface area (Å²) in [6.07, 6.45) is 2.77. The standard InChI is InChI=1S/C19H17ClN2O5/c1-12(2)18(23)25-8-9-26-19(24)13(11-21)4-7-17-22(3)15-10-14(20)5-6-16(15)27-17/h4-7,10H,1,8-9H2,2-3H3/b13-4+,17-7-. The van der Waals surface area contributed by atoms with E-state index >= 15 is 0 Å². The number of nitriles is 1. The first-order valence-electron chi connectivity index (χ1n) is 7.86. The fourth-order valence-corrected chi connectivity index (χ4v) is 2.23. The Hall–Kier alpha value is -3.24. The van der Waals surface area contributed by atoms with Crippen LogP contribution in [-0.2, 0) is 19.1 Å². The summed E-state index contributed by atoms with van der Waals surface area (Å²) in [4.78, 5) is 24.9. The van der Waals surface area contributed by atoms with Gasteiger partial charge in [0, 0.05) is 23.7 Å². The third-order valence-electron chi connectivity index (χ3n) is 3.46. The van der Waals surface area contributed by atoms with Crippen LogP contribution in [-0.4, -0.2) is 32.2 Å². The zero-order valence-corrected chi connectivity index (χ0v) is 15.6. The van der Waals surface area contributed by atoms with Crippen molar-refractivity contribution in [1.82, 2.24) is 0 Å². The van der Waals surface area contributed by atoms with E-state index in [0.29, 0.717) is 16.7 Å². The van der Waals surface area contributed by atoms with E-state index in [4.69, 9.17) is 31.1 Å². The van der Waals surface area contributed by atoms with E-state index in [1.165, 1.54) is 19.1 Å². The van der Waals surface area contributed by atoms with Gasteiger partial charge >= 0.3 is 11.9 Å². The van der Waals surface area contributed by atoms with E-state index < -0.39 is 11.9 Å². The average Bonchev–Trinajstić information content (AvgIpc) is 2.94. The molecule has 7 nitrogen and oxygen atoms in total. The van der Waals surface area contributed by atoms with Crippen LogP contribution >= 0.6 is 11.6 Å². The van der Waals surface area contributed by atoms with Gasteiger partial charge in [0.05, 0.1) is 5.69 Å². The van der Waals surface area contributed by atoms with Crippen LogP contribution in [0.15, 0.2) is 54.0 Å². The van der Waals surface area contributed by atoms with Gasteiger partial charge in [-0.05, 0) is 31.2 Å². The lowest BCUT2D eigenvalue weighted by molar-refractivity contribution is -0.147. The lowest BCUT2D eigenvalue weighted by Crippen LogP contribution is -2.15. The molecule has 0 spiro atoms. The molecule has 0 radical (unpaired) electrons. The van der Waals surface area contributed by atoms with Gasteiger partial charge in [-0.15, -0.1) is 0 Å². The average molecular weight is 389 g/mol. The summed E-state index contributed by atoms with van der Waals surface area (Å²) in [5, 5.41) is 9.71. The number of benzene rings is 1. The topological polar surface area (TPSA) is 88.9 Å². The maximum Gasteiger partial charge on any atom is 0.349 e. The van der Waals surface area contributed by atoms with E-state index in [9.17, 15) is 9.59 Å². The minimum absolute atomic E-state index is 0.126. The van der Waals surface area contributed by atoms with Crippen LogP contribution in [0.3, 0.4) is 0 Å². The number of fused-ring (bicyclic) bond motifs is 1. The zero-order chi connectivity index (χ0) is 20.0. The molecule has 1 aliphatic heterocycles. The molecular formula is C19H17ClN2O5. The van der Waals surface area contributed by atoms with Gasteiger partial charge < -0.3 is 19.1 Å². The second kappa shape index (κ2) is 8.92. The van der Waals surface area contributed by atoms with Crippen LogP contribution in [0.1, 0.15) is 6.92 Å². The van der Waals surface area contributed by atoms with Crippen molar-refractivity contribution in [1.29, 1.82) is 5.26 Å². The van der Waals surface area contributed by atoms with Gasteiger partial charge in [0.2, 0.25) is 0 Å². The highest BCUT2D eigenvalue weighted by Crippen LogP contribution is 2.39. The summed E-state index contributed by atoms with van der Waals surface area (Å²) in [7, 11) is 1.77. The van der Waals surface area contributed by atoms with E-state index in [0.717, 1.165) is 5.69 Å². The zero-order valence-electron chi connectivity index (χ0n) is 14.8. The predicted octanol–water partition coefficient (Wildman–Crippen LogP) is 3.12. The maximum absolute atomic E-state index is 11.9. The number of esters is 2. The molecule has 0 atom stereocenters. The Labute approximate surface area is 161 Å². The van der Waals surface area contributed by atoms with Crippen LogP contribution in [0.5, 0.6) is 5.75 Å². The summed E-state index contributed by atoms with van der Waals surface area (Å²) >= 11 is 5.97. The Morgan fingerprint density at radius 1 is 1.33 bits per heavy atom. The van der Waals surface area contributed by atoms with Gasteiger partial charge in [-0.25, -0.2) is 9.59 Å². The highest BCUT2D eigenvalue weighted by atomic mass is 35.5. The molecule has 1 heterocycles. The smallest absolute Gasteiger partial charge is 0.349 e. The fourth-order valence-electron chi connectivity index (χ4n) is 2.06. The highest BCUT2D eigenvalue weighted by molar-refractivity contribution is 6.31. The summed E-state index contributed by atoms with van der Waals surface area (Å²) in [5.74, 6) is -0.375. The Kier molecular flexibility index (Phi) is 6.63. The van der Waals surface area contributed by atoms with Crippen molar-refractivity contribution in [2.24, 2.45) is 0 Å². The second-order valence-electron chi connectivity index (χ2n) is 5.52. The van der Waals surface area contributed by atoms with Gasteiger partial charge in [0.1, 0.15) is 24.9 Å². The van der Waals surface area contributed by atoms with Crippen LogP contribution in [0.2, 0.25) is 5.02 Å². The van der Waals surface area contributed by atoms with Crippen molar-refractivity contribution >= 4 is 29.2 Å². The molecule has 0 N–H and O–H groups in total. The highest BCUT2D eigenvalue weighted by Gasteiger charge is 2.23. The number of hydrogen-bond donors (Lipinski definition) is 0. The molecule has 0 fully saturated rings. The monoisotopic (exact) mass is 388 g/mol. The lowest BCUT2D eigenvalue weighted by atomic mass is 10.2. The van der Waals surface area contributed by atoms with Crippen LogP contribution in [0, 0.1) is 11.3 Å². The molecule has 0 amide bonds.